The molecule has 2 N–H and O–H groups in total. The maximum absolute atomic E-state index is 13.9. The topological polar surface area (TPSA) is 109 Å². The second-order valence-electron chi connectivity index (χ2n) is 7.25. The van der Waals surface area contributed by atoms with Gasteiger partial charge in [-0.05, 0) is 12.1 Å². The van der Waals surface area contributed by atoms with Crippen LogP contribution in [0, 0.1) is 5.82 Å². The number of methoxy groups -OCH3 is 3. The third-order valence-electron chi connectivity index (χ3n) is 5.18. The fourth-order valence-electron chi connectivity index (χ4n) is 3.50. The molecule has 0 unspecified atom stereocenters. The maximum Gasteiger partial charge on any atom is 0.414 e. The van der Waals surface area contributed by atoms with Crippen LogP contribution in [-0.4, -0.2) is 79.5 Å². The van der Waals surface area contributed by atoms with Crippen LogP contribution in [0.4, 0.5) is 4.39 Å². The van der Waals surface area contributed by atoms with Crippen molar-refractivity contribution < 1.29 is 38.4 Å². The summed E-state index contributed by atoms with van der Waals surface area (Å²) < 4.78 is 30.3. The van der Waals surface area contributed by atoms with E-state index in [1.165, 1.54) is 6.07 Å². The molecule has 0 spiro atoms. The fourth-order valence-corrected chi connectivity index (χ4v) is 3.50. The number of hydrogen-bond donors (Lipinski definition) is 2. The highest BCUT2D eigenvalue weighted by molar-refractivity contribution is 6.27. The summed E-state index contributed by atoms with van der Waals surface area (Å²) in [7, 11) is 4.88. The highest BCUT2D eigenvalue weighted by Gasteiger charge is 2.21. The number of carboxylic acid groups (broad SMARTS) is 2. The molecular weight excluding hydrogens is 435 g/mol. The number of carboxylic acids is 2. The minimum atomic E-state index is -1.82. The van der Waals surface area contributed by atoms with Gasteiger partial charge in [0.05, 0.1) is 21.3 Å². The number of ether oxygens (including phenoxy) is 3. The molecule has 0 bridgehead atoms. The first kappa shape index (κ1) is 25.9. The zero-order valence-corrected chi connectivity index (χ0v) is 18.9. The fraction of sp³-hybridized carbons (Fsp3) is 0.391. The summed E-state index contributed by atoms with van der Waals surface area (Å²) in [4.78, 5) is 22.9. The van der Waals surface area contributed by atoms with Crippen molar-refractivity contribution in [2.75, 3.05) is 47.5 Å². The van der Waals surface area contributed by atoms with Crippen LogP contribution in [0.5, 0.6) is 17.2 Å². The SMILES string of the molecule is COc1ccc(CN2CCN(Cc3ccccc3F)CC2)c(OC)c1OC.O=C(O)C(=O)O. The molecule has 10 heteroatoms. The quantitative estimate of drug-likeness (QED) is 0.597. The molecule has 0 atom stereocenters. The van der Waals surface area contributed by atoms with E-state index in [9.17, 15) is 4.39 Å². The van der Waals surface area contributed by atoms with Gasteiger partial charge in [0.25, 0.3) is 0 Å². The van der Waals surface area contributed by atoms with Crippen LogP contribution in [-0.2, 0) is 22.7 Å². The minimum Gasteiger partial charge on any atom is -0.493 e. The molecule has 0 aromatic heterocycles. The van der Waals surface area contributed by atoms with Gasteiger partial charge >= 0.3 is 11.9 Å². The molecule has 180 valence electrons. The minimum absolute atomic E-state index is 0.130. The van der Waals surface area contributed by atoms with E-state index in [0.29, 0.717) is 23.8 Å². The number of hydrogen-bond acceptors (Lipinski definition) is 7. The standard InChI is InChI=1S/C21H27FN2O3.C2H2O4/c1-25-19-9-8-17(20(26-2)21(19)27-3)15-24-12-10-23(11-13-24)14-16-6-4-5-7-18(16)22;3-1(4)2(5)6/h4-9H,10-15H2,1-3H3;(H,3,4)(H,5,6). The first-order valence-corrected chi connectivity index (χ1v) is 10.2. The van der Waals surface area contributed by atoms with E-state index in [0.717, 1.165) is 43.9 Å². The smallest absolute Gasteiger partial charge is 0.414 e. The first-order valence-electron chi connectivity index (χ1n) is 10.2. The molecule has 1 aliphatic heterocycles. The van der Waals surface area contributed by atoms with E-state index in [1.807, 2.05) is 24.3 Å². The van der Waals surface area contributed by atoms with E-state index < -0.39 is 11.9 Å². The van der Waals surface area contributed by atoms with Crippen LogP contribution in [0.25, 0.3) is 0 Å². The van der Waals surface area contributed by atoms with E-state index >= 15 is 0 Å². The Morgan fingerprint density at radius 1 is 0.788 bits per heavy atom. The number of halogens is 1. The molecule has 33 heavy (non-hydrogen) atoms. The lowest BCUT2D eigenvalue weighted by Gasteiger charge is -2.35. The van der Waals surface area contributed by atoms with Crippen molar-refractivity contribution in [3.05, 3.63) is 53.3 Å². The van der Waals surface area contributed by atoms with Gasteiger partial charge in [-0.2, -0.15) is 0 Å². The average Bonchev–Trinajstić information content (AvgIpc) is 2.81. The lowest BCUT2D eigenvalue weighted by atomic mass is 10.1. The second kappa shape index (κ2) is 12.6. The van der Waals surface area contributed by atoms with Gasteiger partial charge in [0, 0.05) is 50.4 Å². The van der Waals surface area contributed by atoms with Gasteiger partial charge in [0.15, 0.2) is 11.5 Å². The monoisotopic (exact) mass is 464 g/mol. The largest absolute Gasteiger partial charge is 0.493 e. The van der Waals surface area contributed by atoms with Crippen molar-refractivity contribution in [3.8, 4) is 17.2 Å². The zero-order chi connectivity index (χ0) is 24.4. The molecule has 0 aliphatic carbocycles. The summed E-state index contributed by atoms with van der Waals surface area (Å²) >= 11 is 0. The predicted molar refractivity (Wildman–Crippen MR) is 118 cm³/mol. The molecular formula is C23H29FN2O7. The number of piperazine rings is 1. The van der Waals surface area contributed by atoms with E-state index in [-0.39, 0.29) is 5.82 Å². The van der Waals surface area contributed by atoms with Gasteiger partial charge in [0.2, 0.25) is 5.75 Å². The summed E-state index contributed by atoms with van der Waals surface area (Å²) in [5.41, 5.74) is 1.82. The van der Waals surface area contributed by atoms with Gasteiger partial charge in [0.1, 0.15) is 5.82 Å². The number of carbonyl (C=O) groups is 2. The van der Waals surface area contributed by atoms with Gasteiger partial charge in [-0.3, -0.25) is 9.80 Å². The number of nitrogens with zero attached hydrogens (tertiary/aromatic N) is 2. The zero-order valence-electron chi connectivity index (χ0n) is 18.9. The first-order chi connectivity index (χ1) is 15.8. The lowest BCUT2D eigenvalue weighted by molar-refractivity contribution is -0.159. The molecule has 0 radical (unpaired) electrons. The van der Waals surface area contributed by atoms with Crippen molar-refractivity contribution in [1.82, 2.24) is 9.80 Å². The Morgan fingerprint density at radius 3 is 1.76 bits per heavy atom. The van der Waals surface area contributed by atoms with E-state index in [2.05, 4.69) is 9.80 Å². The molecule has 1 aliphatic rings. The molecule has 0 amide bonds. The summed E-state index contributed by atoms with van der Waals surface area (Å²) in [6, 6.07) is 10.9. The Balaban J connectivity index is 0.000000569. The van der Waals surface area contributed by atoms with Crippen molar-refractivity contribution in [3.63, 3.8) is 0 Å². The van der Waals surface area contributed by atoms with Gasteiger partial charge in [-0.25, -0.2) is 14.0 Å². The predicted octanol–water partition coefficient (Wildman–Crippen LogP) is 2.32. The second-order valence-corrected chi connectivity index (χ2v) is 7.25. The van der Waals surface area contributed by atoms with Crippen molar-refractivity contribution >= 4 is 11.9 Å². The highest BCUT2D eigenvalue weighted by Crippen LogP contribution is 2.40. The Morgan fingerprint density at radius 2 is 1.30 bits per heavy atom. The van der Waals surface area contributed by atoms with Crippen molar-refractivity contribution in [2.45, 2.75) is 13.1 Å². The molecule has 3 rings (SSSR count). The maximum atomic E-state index is 13.9. The van der Waals surface area contributed by atoms with Crippen LogP contribution in [0.1, 0.15) is 11.1 Å². The number of rotatable bonds is 7. The third kappa shape index (κ3) is 7.33. The summed E-state index contributed by atoms with van der Waals surface area (Å²) in [6.07, 6.45) is 0. The summed E-state index contributed by atoms with van der Waals surface area (Å²) in [5, 5.41) is 14.8. The normalized spacial score (nSPS) is 14.1. The van der Waals surface area contributed by atoms with E-state index in [1.54, 1.807) is 27.4 Å². The molecule has 1 fully saturated rings. The Hall–Kier alpha value is -3.37. The third-order valence-corrected chi connectivity index (χ3v) is 5.18. The molecule has 1 saturated heterocycles. The van der Waals surface area contributed by atoms with Gasteiger partial charge in [-0.15, -0.1) is 0 Å². The van der Waals surface area contributed by atoms with Crippen molar-refractivity contribution in [1.29, 1.82) is 0 Å². The summed E-state index contributed by atoms with van der Waals surface area (Å²) in [5.74, 6) is -1.78. The molecule has 2 aromatic carbocycles. The highest BCUT2D eigenvalue weighted by atomic mass is 19.1. The van der Waals surface area contributed by atoms with Crippen LogP contribution < -0.4 is 14.2 Å². The average molecular weight is 464 g/mol. The van der Waals surface area contributed by atoms with Gasteiger partial charge < -0.3 is 24.4 Å². The van der Waals surface area contributed by atoms with Gasteiger partial charge in [-0.1, -0.05) is 24.3 Å². The number of benzene rings is 2. The van der Waals surface area contributed by atoms with E-state index in [4.69, 9.17) is 34.0 Å². The Bertz CT molecular complexity index is 934. The van der Waals surface area contributed by atoms with Crippen LogP contribution in [0.15, 0.2) is 36.4 Å². The molecule has 0 saturated carbocycles. The van der Waals surface area contributed by atoms with Crippen LogP contribution in [0.3, 0.4) is 0 Å². The van der Waals surface area contributed by atoms with Crippen LogP contribution >= 0.6 is 0 Å². The molecule has 9 nitrogen and oxygen atoms in total. The molecule has 1 heterocycles. The van der Waals surface area contributed by atoms with Crippen molar-refractivity contribution in [2.24, 2.45) is 0 Å². The Kier molecular flexibility index (Phi) is 9.89. The van der Waals surface area contributed by atoms with Crippen LogP contribution in [0.2, 0.25) is 0 Å². The lowest BCUT2D eigenvalue weighted by Crippen LogP contribution is -2.45. The summed E-state index contributed by atoms with van der Waals surface area (Å²) in [6.45, 7) is 5.09. The molecule has 2 aromatic rings. The number of aliphatic carboxylic acids is 2. The Labute approximate surface area is 191 Å².